The van der Waals surface area contributed by atoms with E-state index in [1.54, 1.807) is 7.11 Å². The number of rotatable bonds is 6. The van der Waals surface area contributed by atoms with Crippen LogP contribution < -0.4 is 0 Å². The number of ether oxygens (including phenoxy) is 3. The molecule has 3 aliphatic heterocycles. The standard InChI is InChI=1S/C22H30N2O5/c1-27-20-21(26)24(22(20)9-13-28-14-10-22)18-7-11-23(12-8-18)19(25)16-29-15-17-5-3-2-4-6-17/h2-6,18,20H,7-16H2,1H3. The topological polar surface area (TPSA) is 68.3 Å². The van der Waals surface area contributed by atoms with E-state index in [9.17, 15) is 9.59 Å². The lowest BCUT2D eigenvalue weighted by Gasteiger charge is -2.61. The van der Waals surface area contributed by atoms with Crippen molar-refractivity contribution in [3.8, 4) is 0 Å². The van der Waals surface area contributed by atoms with Crippen molar-refractivity contribution >= 4 is 11.8 Å². The lowest BCUT2D eigenvalue weighted by atomic mass is 9.72. The Kier molecular flexibility index (Phi) is 6.18. The molecule has 1 unspecified atom stereocenters. The minimum Gasteiger partial charge on any atom is -0.381 e. The molecule has 0 aromatic heterocycles. The maximum Gasteiger partial charge on any atom is 0.254 e. The maximum absolute atomic E-state index is 12.7. The van der Waals surface area contributed by atoms with Crippen LogP contribution in [0.15, 0.2) is 30.3 Å². The van der Waals surface area contributed by atoms with Crippen molar-refractivity contribution in [2.24, 2.45) is 0 Å². The number of hydrogen-bond donors (Lipinski definition) is 0. The van der Waals surface area contributed by atoms with Gasteiger partial charge in [0.25, 0.3) is 5.91 Å². The largest absolute Gasteiger partial charge is 0.381 e. The van der Waals surface area contributed by atoms with Gasteiger partial charge >= 0.3 is 0 Å². The Balaban J connectivity index is 1.27. The van der Waals surface area contributed by atoms with Gasteiger partial charge in [-0.05, 0) is 31.2 Å². The van der Waals surface area contributed by atoms with Crippen molar-refractivity contribution in [1.82, 2.24) is 9.80 Å². The molecule has 1 atom stereocenters. The molecule has 1 aromatic carbocycles. The number of hydrogen-bond acceptors (Lipinski definition) is 5. The summed E-state index contributed by atoms with van der Waals surface area (Å²) < 4.78 is 16.6. The fraction of sp³-hybridized carbons (Fsp3) is 0.636. The van der Waals surface area contributed by atoms with Crippen LogP contribution in [-0.2, 0) is 30.4 Å². The number of carbonyl (C=O) groups excluding carboxylic acids is 2. The van der Waals surface area contributed by atoms with Gasteiger partial charge in [-0.2, -0.15) is 0 Å². The van der Waals surface area contributed by atoms with E-state index in [1.165, 1.54) is 0 Å². The highest BCUT2D eigenvalue weighted by molar-refractivity contribution is 5.91. The third-order valence-corrected chi connectivity index (χ3v) is 6.54. The first-order valence-corrected chi connectivity index (χ1v) is 10.5. The summed E-state index contributed by atoms with van der Waals surface area (Å²) in [4.78, 5) is 29.1. The van der Waals surface area contributed by atoms with E-state index in [-0.39, 0.29) is 36.1 Å². The minimum absolute atomic E-state index is 0.0184. The number of likely N-dealkylation sites (tertiary alicyclic amines) is 2. The van der Waals surface area contributed by atoms with Crippen LogP contribution in [0.5, 0.6) is 0 Å². The number of piperidine rings is 1. The third-order valence-electron chi connectivity index (χ3n) is 6.54. The molecule has 0 N–H and O–H groups in total. The fourth-order valence-electron chi connectivity index (χ4n) is 5.02. The van der Waals surface area contributed by atoms with Crippen LogP contribution in [0.3, 0.4) is 0 Å². The van der Waals surface area contributed by atoms with Crippen LogP contribution >= 0.6 is 0 Å². The molecule has 1 spiro atoms. The minimum atomic E-state index is -0.350. The molecule has 1 aromatic rings. The summed E-state index contributed by atoms with van der Waals surface area (Å²) in [5.74, 6) is 0.107. The van der Waals surface area contributed by atoms with Crippen molar-refractivity contribution < 1.29 is 23.8 Å². The average molecular weight is 402 g/mol. The van der Waals surface area contributed by atoms with Crippen LogP contribution in [-0.4, -0.2) is 79.3 Å². The van der Waals surface area contributed by atoms with E-state index in [0.717, 1.165) is 31.2 Å². The Labute approximate surface area is 171 Å². The predicted octanol–water partition coefficient (Wildman–Crippen LogP) is 1.60. The van der Waals surface area contributed by atoms with E-state index < -0.39 is 0 Å². The molecule has 0 bridgehead atoms. The Bertz CT molecular complexity index is 711. The first kappa shape index (κ1) is 20.3. The summed E-state index contributed by atoms with van der Waals surface area (Å²) in [6, 6.07) is 10.0. The van der Waals surface area contributed by atoms with Gasteiger partial charge in [0.2, 0.25) is 5.91 Å². The summed E-state index contributed by atoms with van der Waals surface area (Å²) >= 11 is 0. The second kappa shape index (κ2) is 8.81. The van der Waals surface area contributed by atoms with Crippen LogP contribution in [0.25, 0.3) is 0 Å². The smallest absolute Gasteiger partial charge is 0.254 e. The second-order valence-electron chi connectivity index (χ2n) is 8.13. The second-order valence-corrected chi connectivity index (χ2v) is 8.13. The van der Waals surface area contributed by atoms with E-state index >= 15 is 0 Å². The molecule has 158 valence electrons. The Morgan fingerprint density at radius 3 is 2.52 bits per heavy atom. The highest BCUT2D eigenvalue weighted by atomic mass is 16.5. The van der Waals surface area contributed by atoms with Crippen LogP contribution in [0.2, 0.25) is 0 Å². The molecule has 0 aliphatic carbocycles. The number of amides is 2. The molecule has 3 saturated heterocycles. The zero-order valence-corrected chi connectivity index (χ0v) is 17.0. The fourth-order valence-corrected chi connectivity index (χ4v) is 5.02. The molecule has 29 heavy (non-hydrogen) atoms. The molecular formula is C22H30N2O5. The Hall–Kier alpha value is -1.96. The molecular weight excluding hydrogens is 372 g/mol. The highest BCUT2D eigenvalue weighted by Gasteiger charge is 2.62. The lowest BCUT2D eigenvalue weighted by molar-refractivity contribution is -0.214. The number of β-lactam (4-membered cyclic amide) rings is 1. The van der Waals surface area contributed by atoms with Crippen LogP contribution in [0, 0.1) is 0 Å². The summed E-state index contributed by atoms with van der Waals surface area (Å²) in [7, 11) is 1.62. The quantitative estimate of drug-likeness (QED) is 0.676. The van der Waals surface area contributed by atoms with E-state index in [2.05, 4.69) is 4.90 Å². The first-order valence-electron chi connectivity index (χ1n) is 10.5. The number of benzene rings is 1. The highest BCUT2D eigenvalue weighted by Crippen LogP contribution is 2.45. The SMILES string of the molecule is COC1C(=O)N(C2CCN(C(=O)COCc3ccccc3)CC2)C12CCOCC2. The van der Waals surface area contributed by atoms with Crippen molar-refractivity contribution in [3.05, 3.63) is 35.9 Å². The molecule has 7 nitrogen and oxygen atoms in total. The summed E-state index contributed by atoms with van der Waals surface area (Å²) in [5, 5.41) is 0. The van der Waals surface area contributed by atoms with Gasteiger partial charge in [-0.1, -0.05) is 30.3 Å². The zero-order valence-electron chi connectivity index (χ0n) is 17.0. The van der Waals surface area contributed by atoms with Gasteiger partial charge in [-0.25, -0.2) is 0 Å². The first-order chi connectivity index (χ1) is 14.2. The maximum atomic E-state index is 12.7. The van der Waals surface area contributed by atoms with Gasteiger partial charge in [0.15, 0.2) is 6.10 Å². The molecule has 3 aliphatic rings. The number of carbonyl (C=O) groups is 2. The van der Waals surface area contributed by atoms with Gasteiger partial charge < -0.3 is 24.0 Å². The average Bonchev–Trinajstić information content (AvgIpc) is 2.76. The van der Waals surface area contributed by atoms with Gasteiger partial charge in [0, 0.05) is 39.5 Å². The third kappa shape index (κ3) is 3.91. The monoisotopic (exact) mass is 402 g/mol. The Morgan fingerprint density at radius 1 is 1.17 bits per heavy atom. The van der Waals surface area contributed by atoms with Crippen molar-refractivity contribution in [2.45, 2.75) is 50.0 Å². The molecule has 0 saturated carbocycles. The summed E-state index contributed by atoms with van der Waals surface area (Å²) in [6.45, 7) is 3.18. The lowest BCUT2D eigenvalue weighted by Crippen LogP contribution is -2.79. The molecule has 0 radical (unpaired) electrons. The molecule has 3 heterocycles. The van der Waals surface area contributed by atoms with E-state index in [0.29, 0.717) is 32.9 Å². The molecule has 7 heteroatoms. The molecule has 4 rings (SSSR count). The van der Waals surface area contributed by atoms with Crippen LogP contribution in [0.1, 0.15) is 31.2 Å². The van der Waals surface area contributed by atoms with Gasteiger partial charge in [0.05, 0.1) is 12.1 Å². The summed E-state index contributed by atoms with van der Waals surface area (Å²) in [5.41, 5.74) is 0.837. The van der Waals surface area contributed by atoms with Gasteiger partial charge in [-0.3, -0.25) is 9.59 Å². The van der Waals surface area contributed by atoms with Crippen LogP contribution in [0.4, 0.5) is 0 Å². The normalized spacial score (nSPS) is 24.6. The zero-order chi connectivity index (χ0) is 20.3. The van der Waals surface area contributed by atoms with Crippen molar-refractivity contribution in [3.63, 3.8) is 0 Å². The summed E-state index contributed by atoms with van der Waals surface area (Å²) in [6.07, 6.45) is 2.90. The van der Waals surface area contributed by atoms with Gasteiger partial charge in [-0.15, -0.1) is 0 Å². The number of nitrogens with zero attached hydrogens (tertiary/aromatic N) is 2. The number of methoxy groups -OCH3 is 1. The van der Waals surface area contributed by atoms with Crippen molar-refractivity contribution in [1.29, 1.82) is 0 Å². The van der Waals surface area contributed by atoms with Crippen molar-refractivity contribution in [2.75, 3.05) is 40.0 Å². The predicted molar refractivity (Wildman–Crippen MR) is 106 cm³/mol. The Morgan fingerprint density at radius 2 is 1.86 bits per heavy atom. The molecule has 2 amide bonds. The van der Waals surface area contributed by atoms with Gasteiger partial charge in [0.1, 0.15) is 6.61 Å². The molecule has 3 fully saturated rings. The van der Waals surface area contributed by atoms with E-state index in [4.69, 9.17) is 14.2 Å². The van der Waals surface area contributed by atoms with E-state index in [1.807, 2.05) is 35.2 Å².